The summed E-state index contributed by atoms with van der Waals surface area (Å²) in [5, 5.41) is 15.6. The Balaban J connectivity index is 0. The number of nitrogens with one attached hydrogen (secondary N) is 1. The van der Waals surface area contributed by atoms with Crippen molar-refractivity contribution in [1.29, 1.82) is 0 Å². The van der Waals surface area contributed by atoms with Gasteiger partial charge in [0.1, 0.15) is 0 Å². The van der Waals surface area contributed by atoms with E-state index < -0.39 is 10.1 Å². The molecule has 0 saturated carbocycles. The van der Waals surface area contributed by atoms with Gasteiger partial charge in [0.25, 0.3) is 0 Å². The summed E-state index contributed by atoms with van der Waals surface area (Å²) in [4.78, 5) is 18.1. The molecule has 0 aliphatic carbocycles. The molecule has 0 saturated heterocycles. The molecule has 0 unspecified atom stereocenters. The smallest absolute Gasteiger partial charge is 0.220 e. The van der Waals surface area contributed by atoms with E-state index in [9.17, 15) is 0 Å². The third-order valence-electron chi connectivity index (χ3n) is 0.163. The van der Waals surface area contributed by atoms with Gasteiger partial charge in [-0.3, -0.25) is 0 Å². The van der Waals surface area contributed by atoms with Crippen LogP contribution in [0.15, 0.2) is 0 Å². The van der Waals surface area contributed by atoms with Crippen LogP contribution in [0.25, 0.3) is 0 Å². The van der Waals surface area contributed by atoms with E-state index in [0.29, 0.717) is 0 Å². The van der Waals surface area contributed by atoms with Crippen molar-refractivity contribution in [3.05, 3.63) is 20.2 Å². The highest BCUT2D eigenvalue weighted by molar-refractivity contribution is 3.96. The highest BCUT2D eigenvalue weighted by Crippen LogP contribution is 1.55. The van der Waals surface area contributed by atoms with Crippen molar-refractivity contribution in [2.24, 2.45) is 0 Å². The van der Waals surface area contributed by atoms with Gasteiger partial charge in [-0.05, 0) is 0 Å². The van der Waals surface area contributed by atoms with Crippen LogP contribution < -0.4 is 11.7 Å². The molecular formula is H4N4O4. The van der Waals surface area contributed by atoms with Crippen molar-refractivity contribution in [2.45, 2.75) is 0 Å². The number of hydrogen-bond acceptors (Lipinski definition) is 5. The molecule has 0 radical (unpaired) electrons. The van der Waals surface area contributed by atoms with E-state index in [0.717, 1.165) is 5.53 Å². The maximum Gasteiger partial charge on any atom is 0.220 e. The topological polar surface area (TPSA) is 133 Å². The molecule has 0 heterocycles. The molecule has 0 spiro atoms. The maximum absolute atomic E-state index is 9.06. The van der Waals surface area contributed by atoms with E-state index in [4.69, 9.17) is 20.2 Å². The van der Waals surface area contributed by atoms with Crippen LogP contribution in [0.4, 0.5) is 0 Å². The quantitative estimate of drug-likeness (QED) is 0.362. The molecule has 48 valence electrons. The Morgan fingerprint density at radius 1 is 1.12 bits per heavy atom. The Kier molecular flexibility index (Phi) is 4.56. The van der Waals surface area contributed by atoms with E-state index in [1.165, 1.54) is 0 Å². The fraction of sp³-hybridized carbons (Fsp3) is 0. The Morgan fingerprint density at radius 3 is 1.38 bits per heavy atom. The van der Waals surface area contributed by atoms with Crippen molar-refractivity contribution in [2.75, 3.05) is 0 Å². The molecule has 0 aromatic heterocycles. The van der Waals surface area contributed by atoms with E-state index in [-0.39, 0.29) is 6.15 Å². The normalized spacial score (nSPS) is 6.50. The molecule has 0 aliphatic heterocycles. The minimum Gasteiger partial charge on any atom is -0.344 e. The number of hydrazine groups is 2. The lowest BCUT2D eigenvalue weighted by Crippen LogP contribution is -2.27. The van der Waals surface area contributed by atoms with Gasteiger partial charge in [0.15, 0.2) is 5.53 Å². The number of hydrogen-bond donors (Lipinski definition) is 2. The lowest BCUT2D eigenvalue weighted by atomic mass is 12.4. The molecule has 8 heteroatoms. The molecule has 8 heavy (non-hydrogen) atoms. The van der Waals surface area contributed by atoms with Crippen molar-refractivity contribution in [1.82, 2.24) is 11.7 Å². The predicted molar refractivity (Wildman–Crippen MR) is 22.1 cm³/mol. The summed E-state index contributed by atoms with van der Waals surface area (Å²) in [5.74, 6) is 0. The van der Waals surface area contributed by atoms with E-state index in [1.807, 2.05) is 0 Å². The minimum atomic E-state index is -1.25. The van der Waals surface area contributed by atoms with Crippen LogP contribution in [0, 0.1) is 20.2 Å². The fourth-order valence-corrected chi connectivity index (χ4v) is 0.0667. The molecule has 0 rings (SSSR count). The van der Waals surface area contributed by atoms with E-state index in [1.54, 1.807) is 0 Å². The molecule has 0 aromatic carbocycles. The lowest BCUT2D eigenvalue weighted by molar-refractivity contribution is -0.778. The first-order valence-corrected chi connectivity index (χ1v) is 1.18. The van der Waals surface area contributed by atoms with Gasteiger partial charge in [0.05, 0.1) is 0 Å². The van der Waals surface area contributed by atoms with Crippen LogP contribution in [0.1, 0.15) is 0 Å². The van der Waals surface area contributed by atoms with Crippen LogP contribution in [0.2, 0.25) is 0 Å². The van der Waals surface area contributed by atoms with Gasteiger partial charge in [-0.2, -0.15) is 0 Å². The van der Waals surface area contributed by atoms with Crippen molar-refractivity contribution in [3.8, 4) is 0 Å². The summed E-state index contributed by atoms with van der Waals surface area (Å²) < 4.78 is 0. The summed E-state index contributed by atoms with van der Waals surface area (Å²) in [7, 11) is 0. The first-order chi connectivity index (χ1) is 3.13. The molecule has 4 N–H and O–H groups in total. The molecule has 0 amide bonds. The average molecular weight is 124 g/mol. The molecule has 8 nitrogen and oxygen atoms in total. The van der Waals surface area contributed by atoms with Gasteiger partial charge in [-0.15, -0.1) is 0 Å². The van der Waals surface area contributed by atoms with Crippen LogP contribution in [0.3, 0.4) is 0 Å². The molecule has 0 atom stereocenters. The van der Waals surface area contributed by atoms with Gasteiger partial charge < -0.3 is 6.15 Å². The minimum absolute atomic E-state index is 0. The highest BCUT2D eigenvalue weighted by atomic mass is 16.8. The Labute approximate surface area is 43.3 Å². The van der Waals surface area contributed by atoms with Crippen molar-refractivity contribution in [3.63, 3.8) is 0 Å². The second kappa shape index (κ2) is 3.74. The van der Waals surface area contributed by atoms with E-state index >= 15 is 0 Å². The Hall–Kier alpha value is -1.44. The van der Waals surface area contributed by atoms with Crippen LogP contribution >= 0.6 is 0 Å². The van der Waals surface area contributed by atoms with Crippen LogP contribution in [-0.4, -0.2) is 10.1 Å². The molecule has 0 aliphatic rings. The standard InChI is InChI=1S/HN3O4.H3N/c4-2(5)1-3(6)7;/h1H;1H3. The molecule has 0 bridgehead atoms. The van der Waals surface area contributed by atoms with Gasteiger partial charge in [-0.1, -0.05) is 0 Å². The molecule has 0 aromatic rings. The van der Waals surface area contributed by atoms with Gasteiger partial charge in [0.2, 0.25) is 10.1 Å². The lowest BCUT2D eigenvalue weighted by Gasteiger charge is -1.78. The maximum atomic E-state index is 9.06. The predicted octanol–water partition coefficient (Wildman–Crippen LogP) is -0.879. The summed E-state index contributed by atoms with van der Waals surface area (Å²) in [6, 6.07) is 0. The Bertz CT molecular complexity index is 84.2. The zero-order valence-electron chi connectivity index (χ0n) is 3.73. The number of rotatable bonds is 2. The summed E-state index contributed by atoms with van der Waals surface area (Å²) in [6.07, 6.45) is 0. The largest absolute Gasteiger partial charge is 0.344 e. The first kappa shape index (κ1) is 9.75. The summed E-state index contributed by atoms with van der Waals surface area (Å²) in [6.45, 7) is 0. The first-order valence-electron chi connectivity index (χ1n) is 1.18. The highest BCUT2D eigenvalue weighted by Gasteiger charge is 1.99. The number of nitro groups is 2. The van der Waals surface area contributed by atoms with Crippen LogP contribution in [-0.2, 0) is 0 Å². The Morgan fingerprint density at radius 2 is 1.38 bits per heavy atom. The second-order valence-electron chi connectivity index (χ2n) is 0.614. The fourth-order valence-electron chi connectivity index (χ4n) is 0.0667. The molecule has 0 fully saturated rings. The van der Waals surface area contributed by atoms with Crippen molar-refractivity contribution < 1.29 is 10.1 Å². The monoisotopic (exact) mass is 124 g/mol. The van der Waals surface area contributed by atoms with E-state index in [2.05, 4.69) is 0 Å². The zero-order valence-corrected chi connectivity index (χ0v) is 3.73. The number of nitrogens with zero attached hydrogens (tertiary/aromatic N) is 2. The van der Waals surface area contributed by atoms with Gasteiger partial charge in [0, 0.05) is 0 Å². The summed E-state index contributed by atoms with van der Waals surface area (Å²) in [5.41, 5.74) is 0.750. The third kappa shape index (κ3) is 8.82. The molecular weight excluding hydrogens is 120 g/mol. The average Bonchev–Trinajstić information content (AvgIpc) is 1.27. The van der Waals surface area contributed by atoms with Crippen LogP contribution in [0.5, 0.6) is 0 Å². The van der Waals surface area contributed by atoms with Gasteiger partial charge in [-0.25, -0.2) is 20.2 Å². The SMILES string of the molecule is N.O=[N+]([O-])N[N+](=O)[O-]. The zero-order chi connectivity index (χ0) is 5.86. The van der Waals surface area contributed by atoms with Gasteiger partial charge >= 0.3 is 0 Å². The second-order valence-corrected chi connectivity index (χ2v) is 0.614. The third-order valence-corrected chi connectivity index (χ3v) is 0.163. The summed E-state index contributed by atoms with van der Waals surface area (Å²) >= 11 is 0. The van der Waals surface area contributed by atoms with Crippen molar-refractivity contribution >= 4 is 0 Å².